The highest BCUT2D eigenvalue weighted by molar-refractivity contribution is 6.26. The van der Waals surface area contributed by atoms with Crippen molar-refractivity contribution < 1.29 is 0 Å². The van der Waals surface area contributed by atoms with Gasteiger partial charge in [0.05, 0.1) is 66.9 Å². The molecular weight excluding hydrogens is 1620 g/mol. The Morgan fingerprint density at radius 1 is 0.119 bits per heavy atom. The third-order valence-corrected chi connectivity index (χ3v) is 27.4. The first kappa shape index (κ1) is 77.3. The topological polar surface area (TPSA) is 45.5 Å². The molecule has 0 unspecified atom stereocenters. The van der Waals surface area contributed by atoms with E-state index >= 15 is 0 Å². The summed E-state index contributed by atoms with van der Waals surface area (Å²) in [6.45, 7) is 0. The van der Waals surface area contributed by atoms with Crippen LogP contribution in [0.3, 0.4) is 0 Å². The lowest BCUT2D eigenvalue weighted by Crippen LogP contribution is -1.95. The maximum absolute atomic E-state index is 5.12. The van der Waals surface area contributed by atoms with Crippen LogP contribution >= 0.6 is 0 Å². The number of fused-ring (bicyclic) bond motifs is 19. The Morgan fingerprint density at radius 2 is 0.366 bits per heavy atom. The molecule has 0 N–H and O–H groups in total. The van der Waals surface area contributed by atoms with Crippen molar-refractivity contribution in [2.24, 2.45) is 0 Å². The second kappa shape index (κ2) is 32.1. The summed E-state index contributed by atoms with van der Waals surface area (Å²) >= 11 is 0. The summed E-state index contributed by atoms with van der Waals surface area (Å²) in [4.78, 5) is 10.2. The van der Waals surface area contributed by atoms with Crippen LogP contribution in [0.15, 0.2) is 497 Å². The van der Waals surface area contributed by atoms with Crippen molar-refractivity contribution in [3.8, 4) is 123 Å². The van der Waals surface area contributed by atoms with Crippen LogP contribution in [0.5, 0.6) is 0 Å². The van der Waals surface area contributed by atoms with E-state index in [0.717, 1.165) is 90.0 Å². The Morgan fingerprint density at radius 3 is 0.709 bits per heavy atom. The summed E-state index contributed by atoms with van der Waals surface area (Å²) in [6.07, 6.45) is 0. The lowest BCUT2D eigenvalue weighted by molar-refractivity contribution is 1.18. The molecule has 0 fully saturated rings. The number of rotatable bonds is 13. The van der Waals surface area contributed by atoms with E-state index in [1.165, 1.54) is 164 Å². The number of pyridine rings is 2. The molecule has 6 nitrogen and oxygen atoms in total. The molecule has 134 heavy (non-hydrogen) atoms. The number of hydrogen-bond acceptors (Lipinski definition) is 2. The molecule has 0 saturated heterocycles. The van der Waals surface area contributed by atoms with Crippen molar-refractivity contribution >= 4 is 130 Å². The van der Waals surface area contributed by atoms with E-state index < -0.39 is 0 Å². The van der Waals surface area contributed by atoms with Crippen molar-refractivity contribution in [1.29, 1.82) is 0 Å². The smallest absolute Gasteiger partial charge is 0.0715 e. The summed E-state index contributed by atoms with van der Waals surface area (Å²) in [5.41, 5.74) is 34.1. The van der Waals surface area contributed by atoms with Gasteiger partial charge in [0.15, 0.2) is 0 Å². The molecule has 0 aliphatic carbocycles. The zero-order chi connectivity index (χ0) is 88.3. The molecule has 21 aromatic carbocycles. The zero-order valence-electron chi connectivity index (χ0n) is 73.0. The van der Waals surface area contributed by atoms with Crippen LogP contribution in [0.2, 0.25) is 0 Å². The van der Waals surface area contributed by atoms with Crippen LogP contribution in [0, 0.1) is 0 Å². The molecule has 0 saturated carbocycles. The number of hydrogen-bond donors (Lipinski definition) is 0. The van der Waals surface area contributed by atoms with Crippen LogP contribution in [-0.2, 0) is 0 Å². The Hall–Kier alpha value is -17.8. The minimum Gasteiger partial charge on any atom is -0.309 e. The number of para-hydroxylation sites is 4. The fraction of sp³-hybridized carbons (Fsp3) is 0. The van der Waals surface area contributed by atoms with Gasteiger partial charge in [-0.2, -0.15) is 0 Å². The van der Waals surface area contributed by atoms with Crippen LogP contribution in [0.4, 0.5) is 0 Å². The standard InChI is InChI=1S/C65H41N3.C63H41N3/c1-3-15-43(16-4-1)60-39-47(40-61(66-60)44-17-5-2-6-18-44)42-27-31-48(32-28-42)67-62-25-13-11-23-55(62)58-37-45(29-35-64(58)67)46-30-36-65-59(38-46)56-24-12-14-26-63(56)68(65)49-33-34-54-52-21-8-7-19-50(52)51-20-9-10-22-53(51)57(54)41-49;1-3-15-45(16-4-1)58-40-49(41-59(64-58)46-17-5-2-6-18-46)42-26-32-50(33-27-42)65-60-24-11-9-21-54(60)56-38-47(30-36-62(56)65)48-31-37-63-57(39-48)55-22-10-12-25-61(55)66(63)51-34-28-44(29-35-51)53-23-13-19-43-14-7-8-20-52(43)53/h1-41H;1-41H. The molecule has 0 bridgehead atoms. The average molecular weight is 1700 g/mol. The van der Waals surface area contributed by atoms with Crippen molar-refractivity contribution in [3.63, 3.8) is 0 Å². The van der Waals surface area contributed by atoms with E-state index in [-0.39, 0.29) is 0 Å². The summed E-state index contributed by atoms with van der Waals surface area (Å²) < 4.78 is 9.65. The van der Waals surface area contributed by atoms with Crippen LogP contribution in [0.25, 0.3) is 254 Å². The molecule has 0 radical (unpaired) electrons. The van der Waals surface area contributed by atoms with Gasteiger partial charge in [-0.3, -0.25) is 0 Å². The molecule has 6 aromatic heterocycles. The predicted molar refractivity (Wildman–Crippen MR) is 565 cm³/mol. The summed E-state index contributed by atoms with van der Waals surface area (Å²) in [5.74, 6) is 0. The maximum atomic E-state index is 5.12. The van der Waals surface area contributed by atoms with Gasteiger partial charge in [0.2, 0.25) is 0 Å². The molecule has 6 heterocycles. The van der Waals surface area contributed by atoms with Gasteiger partial charge >= 0.3 is 0 Å². The Balaban J connectivity index is 0.000000140. The third-order valence-electron chi connectivity index (χ3n) is 27.4. The molecule has 0 atom stereocenters. The monoisotopic (exact) mass is 1700 g/mol. The van der Waals surface area contributed by atoms with Crippen molar-refractivity contribution in [2.45, 2.75) is 0 Å². The minimum atomic E-state index is 0.960. The van der Waals surface area contributed by atoms with E-state index in [9.17, 15) is 0 Å². The molecule has 0 aliphatic rings. The first-order chi connectivity index (χ1) is 66.4. The zero-order valence-corrected chi connectivity index (χ0v) is 73.0. The molecule has 27 aromatic rings. The van der Waals surface area contributed by atoms with E-state index in [2.05, 4.69) is 504 Å². The van der Waals surface area contributed by atoms with Gasteiger partial charge in [0.1, 0.15) is 0 Å². The van der Waals surface area contributed by atoms with Crippen molar-refractivity contribution in [2.75, 3.05) is 0 Å². The second-order valence-electron chi connectivity index (χ2n) is 35.0. The molecule has 6 heteroatoms. The third kappa shape index (κ3) is 13.2. The highest BCUT2D eigenvalue weighted by atomic mass is 15.0. The van der Waals surface area contributed by atoms with E-state index in [1.807, 2.05) is 12.1 Å². The lowest BCUT2D eigenvalue weighted by Gasteiger charge is -2.14. The van der Waals surface area contributed by atoms with Gasteiger partial charge in [0.25, 0.3) is 0 Å². The van der Waals surface area contributed by atoms with E-state index in [0.29, 0.717) is 0 Å². The second-order valence-corrected chi connectivity index (χ2v) is 35.0. The number of benzene rings is 21. The van der Waals surface area contributed by atoms with Gasteiger partial charge in [0, 0.05) is 88.1 Å². The van der Waals surface area contributed by atoms with Crippen LogP contribution in [0.1, 0.15) is 0 Å². The molecule has 0 spiro atoms. The SMILES string of the molecule is c1ccc(-c2cc(-c3ccc(-n4c5ccccc5c5cc(-c6ccc7c(c6)c6ccccc6n7-c6ccc(-c7cccc8ccccc78)cc6)ccc54)cc3)cc(-c3ccccc3)n2)cc1.c1ccc(-c2cc(-c3ccc(-n4c5ccccc5c5cc(-c6ccc7c(c6)c6ccccc6n7-c6ccc7c8ccccc8c8ccccc8c7c6)ccc54)cc3)cc(-c3ccccc3)n2)cc1. The van der Waals surface area contributed by atoms with E-state index in [4.69, 9.17) is 9.97 Å². The first-order valence-corrected chi connectivity index (χ1v) is 46.0. The summed E-state index contributed by atoms with van der Waals surface area (Å²) in [5, 5.41) is 20.1. The van der Waals surface area contributed by atoms with Crippen molar-refractivity contribution in [3.05, 3.63) is 497 Å². The van der Waals surface area contributed by atoms with Gasteiger partial charge < -0.3 is 18.3 Å². The molecule has 27 rings (SSSR count). The molecule has 0 amide bonds. The molecule has 624 valence electrons. The normalized spacial score (nSPS) is 11.7. The fourth-order valence-electron chi connectivity index (χ4n) is 21.1. The quantitative estimate of drug-likeness (QED) is 0.108. The maximum Gasteiger partial charge on any atom is 0.0715 e. The average Bonchev–Trinajstić information content (AvgIpc) is 1.38. The summed E-state index contributed by atoms with van der Waals surface area (Å²) in [7, 11) is 0. The highest BCUT2D eigenvalue weighted by Gasteiger charge is 2.23. The highest BCUT2D eigenvalue weighted by Crippen LogP contribution is 2.46. The largest absolute Gasteiger partial charge is 0.309 e. The number of nitrogens with zero attached hydrogens (tertiary/aromatic N) is 6. The lowest BCUT2D eigenvalue weighted by atomic mass is 9.94. The van der Waals surface area contributed by atoms with Crippen LogP contribution < -0.4 is 0 Å². The Bertz CT molecular complexity index is 9170. The van der Waals surface area contributed by atoms with Gasteiger partial charge in [-0.15, -0.1) is 0 Å². The first-order valence-electron chi connectivity index (χ1n) is 46.0. The molecule has 0 aliphatic heterocycles. The number of aromatic nitrogens is 6. The fourth-order valence-corrected chi connectivity index (χ4v) is 21.1. The predicted octanol–water partition coefficient (Wildman–Crippen LogP) is 34.2. The molecular formula is C128H82N6. The Labute approximate surface area is 774 Å². The van der Waals surface area contributed by atoms with Crippen molar-refractivity contribution in [1.82, 2.24) is 28.2 Å². The van der Waals surface area contributed by atoms with E-state index in [1.54, 1.807) is 0 Å². The van der Waals surface area contributed by atoms with Gasteiger partial charge in [-0.1, -0.05) is 352 Å². The Kier molecular flexibility index (Phi) is 18.5. The summed E-state index contributed by atoms with van der Waals surface area (Å²) in [6, 6.07) is 181. The van der Waals surface area contributed by atoms with Gasteiger partial charge in [-0.05, 0) is 244 Å². The van der Waals surface area contributed by atoms with Gasteiger partial charge in [-0.25, -0.2) is 9.97 Å². The van der Waals surface area contributed by atoms with Crippen LogP contribution in [-0.4, -0.2) is 28.2 Å². The minimum absolute atomic E-state index is 0.960.